The Morgan fingerprint density at radius 3 is 2.85 bits per heavy atom. The smallest absolute Gasteiger partial charge is 0.207 e. The molecule has 20 heavy (non-hydrogen) atoms. The average molecular weight is 336 g/mol. The van der Waals surface area contributed by atoms with E-state index < -0.39 is 0 Å². The maximum atomic E-state index is 5.27. The van der Waals surface area contributed by atoms with E-state index in [1.165, 1.54) is 25.7 Å². The van der Waals surface area contributed by atoms with Crippen molar-refractivity contribution in [2.45, 2.75) is 31.7 Å². The highest BCUT2D eigenvalue weighted by Gasteiger charge is 2.17. The molecule has 0 amide bonds. The number of nitrogens with zero attached hydrogens (tertiary/aromatic N) is 2. The standard InChI is InChI=1S/C15H18BrN3O/c1-20-14-7-6-12(10-13(14)16)19-9-8-17-15(19)18-11-4-2-3-5-11/h6-11H,2-5H2,1H3,(H,17,18). The summed E-state index contributed by atoms with van der Waals surface area (Å²) in [5.41, 5.74) is 1.07. The predicted octanol–water partition coefficient (Wildman–Crippen LogP) is 4.00. The summed E-state index contributed by atoms with van der Waals surface area (Å²) in [6.45, 7) is 0. The van der Waals surface area contributed by atoms with Crippen molar-refractivity contribution < 1.29 is 4.74 Å². The molecular weight excluding hydrogens is 318 g/mol. The van der Waals surface area contributed by atoms with Crippen molar-refractivity contribution in [3.63, 3.8) is 0 Å². The highest BCUT2D eigenvalue weighted by Crippen LogP contribution is 2.29. The summed E-state index contributed by atoms with van der Waals surface area (Å²) >= 11 is 3.53. The van der Waals surface area contributed by atoms with Crippen LogP contribution < -0.4 is 10.1 Å². The van der Waals surface area contributed by atoms with Gasteiger partial charge in [-0.25, -0.2) is 4.98 Å². The molecule has 106 valence electrons. The minimum atomic E-state index is 0.554. The van der Waals surface area contributed by atoms with Crippen molar-refractivity contribution in [2.75, 3.05) is 12.4 Å². The normalized spacial score (nSPS) is 15.5. The summed E-state index contributed by atoms with van der Waals surface area (Å²) < 4.78 is 8.28. The summed E-state index contributed by atoms with van der Waals surface area (Å²) in [5.74, 6) is 1.74. The summed E-state index contributed by atoms with van der Waals surface area (Å²) in [6.07, 6.45) is 8.90. The van der Waals surface area contributed by atoms with Gasteiger partial charge in [0, 0.05) is 24.1 Å². The van der Waals surface area contributed by atoms with Gasteiger partial charge in [-0.3, -0.25) is 4.57 Å². The zero-order valence-corrected chi connectivity index (χ0v) is 13.1. The van der Waals surface area contributed by atoms with Crippen LogP contribution in [-0.2, 0) is 0 Å². The predicted molar refractivity (Wildman–Crippen MR) is 83.7 cm³/mol. The molecule has 0 radical (unpaired) electrons. The summed E-state index contributed by atoms with van der Waals surface area (Å²) in [6, 6.07) is 6.59. The Morgan fingerprint density at radius 1 is 1.35 bits per heavy atom. The molecule has 0 saturated heterocycles. The van der Waals surface area contributed by atoms with Crippen molar-refractivity contribution in [3.8, 4) is 11.4 Å². The van der Waals surface area contributed by atoms with E-state index in [1.54, 1.807) is 7.11 Å². The van der Waals surface area contributed by atoms with Crippen LogP contribution in [0.2, 0.25) is 0 Å². The molecule has 1 fully saturated rings. The van der Waals surface area contributed by atoms with Crippen molar-refractivity contribution >= 4 is 21.9 Å². The van der Waals surface area contributed by atoms with E-state index in [1.807, 2.05) is 30.6 Å². The number of ether oxygens (including phenoxy) is 1. The highest BCUT2D eigenvalue weighted by atomic mass is 79.9. The fourth-order valence-corrected chi connectivity index (χ4v) is 3.21. The molecule has 1 aliphatic rings. The van der Waals surface area contributed by atoms with E-state index >= 15 is 0 Å². The number of hydrogen-bond acceptors (Lipinski definition) is 3. The summed E-state index contributed by atoms with van der Waals surface area (Å²) in [5, 5.41) is 3.54. The molecule has 4 nitrogen and oxygen atoms in total. The summed E-state index contributed by atoms with van der Waals surface area (Å²) in [7, 11) is 1.67. The number of benzene rings is 1. The lowest BCUT2D eigenvalue weighted by atomic mass is 10.2. The third kappa shape index (κ3) is 2.68. The Labute approximate surface area is 127 Å². The fraction of sp³-hybridized carbons (Fsp3) is 0.400. The lowest BCUT2D eigenvalue weighted by molar-refractivity contribution is 0.412. The number of methoxy groups -OCH3 is 1. The average Bonchev–Trinajstić information content (AvgIpc) is 3.11. The van der Waals surface area contributed by atoms with Gasteiger partial charge < -0.3 is 10.1 Å². The van der Waals surface area contributed by atoms with Crippen LogP contribution in [0.1, 0.15) is 25.7 Å². The Hall–Kier alpha value is -1.49. The molecule has 0 aliphatic heterocycles. The van der Waals surface area contributed by atoms with E-state index in [2.05, 4.69) is 30.8 Å². The van der Waals surface area contributed by atoms with Crippen molar-refractivity contribution in [1.29, 1.82) is 0 Å². The van der Waals surface area contributed by atoms with Crippen LogP contribution in [0.15, 0.2) is 35.1 Å². The molecule has 1 saturated carbocycles. The Morgan fingerprint density at radius 2 is 2.15 bits per heavy atom. The van der Waals surface area contributed by atoms with E-state index in [-0.39, 0.29) is 0 Å². The van der Waals surface area contributed by atoms with E-state index in [0.717, 1.165) is 21.9 Å². The molecule has 0 atom stereocenters. The number of anilines is 1. The minimum absolute atomic E-state index is 0.554. The maximum absolute atomic E-state index is 5.27. The van der Waals surface area contributed by atoms with Crippen LogP contribution >= 0.6 is 15.9 Å². The second-order valence-corrected chi connectivity index (χ2v) is 5.92. The van der Waals surface area contributed by atoms with Crippen LogP contribution in [0.25, 0.3) is 5.69 Å². The second-order valence-electron chi connectivity index (χ2n) is 5.07. The number of nitrogens with one attached hydrogen (secondary N) is 1. The molecule has 0 bridgehead atoms. The quantitative estimate of drug-likeness (QED) is 0.917. The molecule has 1 heterocycles. The van der Waals surface area contributed by atoms with E-state index in [0.29, 0.717) is 6.04 Å². The lowest BCUT2D eigenvalue weighted by Gasteiger charge is -2.15. The van der Waals surface area contributed by atoms with Gasteiger partial charge >= 0.3 is 0 Å². The van der Waals surface area contributed by atoms with Gasteiger partial charge in [-0.05, 0) is 47.0 Å². The highest BCUT2D eigenvalue weighted by molar-refractivity contribution is 9.10. The van der Waals surface area contributed by atoms with Crippen LogP contribution in [0, 0.1) is 0 Å². The number of halogens is 1. The molecule has 0 spiro atoms. The maximum Gasteiger partial charge on any atom is 0.207 e. The third-order valence-corrected chi connectivity index (χ3v) is 4.36. The fourth-order valence-electron chi connectivity index (χ4n) is 2.68. The molecule has 1 aliphatic carbocycles. The van der Waals surface area contributed by atoms with Gasteiger partial charge in [-0.15, -0.1) is 0 Å². The number of hydrogen-bond donors (Lipinski definition) is 1. The molecular formula is C15H18BrN3O. The van der Waals surface area contributed by atoms with Gasteiger partial charge in [-0.1, -0.05) is 12.8 Å². The first-order valence-corrected chi connectivity index (χ1v) is 7.71. The zero-order chi connectivity index (χ0) is 13.9. The molecule has 1 aromatic heterocycles. The minimum Gasteiger partial charge on any atom is -0.496 e. The first-order valence-electron chi connectivity index (χ1n) is 6.92. The molecule has 5 heteroatoms. The second kappa shape index (κ2) is 5.87. The van der Waals surface area contributed by atoms with Gasteiger partial charge in [0.15, 0.2) is 0 Å². The Bertz CT molecular complexity index is 591. The van der Waals surface area contributed by atoms with Crippen LogP contribution in [0.3, 0.4) is 0 Å². The molecule has 3 rings (SSSR count). The van der Waals surface area contributed by atoms with E-state index in [4.69, 9.17) is 4.74 Å². The largest absolute Gasteiger partial charge is 0.496 e. The van der Waals surface area contributed by atoms with Gasteiger partial charge in [-0.2, -0.15) is 0 Å². The molecule has 1 aromatic carbocycles. The zero-order valence-electron chi connectivity index (χ0n) is 11.5. The SMILES string of the molecule is COc1ccc(-n2ccnc2NC2CCCC2)cc1Br. The summed E-state index contributed by atoms with van der Waals surface area (Å²) in [4.78, 5) is 4.43. The third-order valence-electron chi connectivity index (χ3n) is 3.74. The van der Waals surface area contributed by atoms with Gasteiger partial charge in [0.25, 0.3) is 0 Å². The first kappa shape index (κ1) is 13.5. The number of aromatic nitrogens is 2. The molecule has 1 N–H and O–H groups in total. The van der Waals surface area contributed by atoms with Gasteiger partial charge in [0.1, 0.15) is 5.75 Å². The first-order chi connectivity index (χ1) is 9.78. The van der Waals surface area contributed by atoms with Gasteiger partial charge in [0.2, 0.25) is 5.95 Å². The van der Waals surface area contributed by atoms with Crippen molar-refractivity contribution in [2.24, 2.45) is 0 Å². The number of imidazole rings is 1. The molecule has 2 aromatic rings. The monoisotopic (exact) mass is 335 g/mol. The Kier molecular flexibility index (Phi) is 3.96. The van der Waals surface area contributed by atoms with Crippen molar-refractivity contribution in [1.82, 2.24) is 9.55 Å². The van der Waals surface area contributed by atoms with E-state index in [9.17, 15) is 0 Å². The molecule has 0 unspecified atom stereocenters. The van der Waals surface area contributed by atoms with Crippen LogP contribution in [0.5, 0.6) is 5.75 Å². The van der Waals surface area contributed by atoms with Crippen LogP contribution in [0.4, 0.5) is 5.95 Å². The van der Waals surface area contributed by atoms with Crippen molar-refractivity contribution in [3.05, 3.63) is 35.1 Å². The van der Waals surface area contributed by atoms with Crippen LogP contribution in [-0.4, -0.2) is 22.7 Å². The Balaban J connectivity index is 1.86. The number of rotatable bonds is 4. The lowest BCUT2D eigenvalue weighted by Crippen LogP contribution is -2.17. The van der Waals surface area contributed by atoms with Gasteiger partial charge in [0.05, 0.1) is 11.6 Å². The topological polar surface area (TPSA) is 39.1 Å².